The summed E-state index contributed by atoms with van der Waals surface area (Å²) in [6.07, 6.45) is 3.46. The SMILES string of the molecule is COc1cccc(C2CCC(CO)C2)c1. The Kier molecular flexibility index (Phi) is 3.27. The largest absolute Gasteiger partial charge is 0.497 e. The zero-order valence-electron chi connectivity index (χ0n) is 9.15. The minimum absolute atomic E-state index is 0.334. The van der Waals surface area contributed by atoms with Crippen LogP contribution < -0.4 is 4.74 Å². The highest BCUT2D eigenvalue weighted by Gasteiger charge is 2.25. The summed E-state index contributed by atoms with van der Waals surface area (Å²) < 4.78 is 5.22. The van der Waals surface area contributed by atoms with Crippen LogP contribution in [0.5, 0.6) is 5.75 Å². The lowest BCUT2D eigenvalue weighted by atomic mass is 9.96. The van der Waals surface area contributed by atoms with E-state index in [1.54, 1.807) is 7.11 Å². The number of aliphatic hydroxyl groups is 1. The van der Waals surface area contributed by atoms with Crippen LogP contribution in [0.25, 0.3) is 0 Å². The summed E-state index contributed by atoms with van der Waals surface area (Å²) >= 11 is 0. The molecule has 0 saturated heterocycles. The summed E-state index contributed by atoms with van der Waals surface area (Å²) in [6, 6.07) is 8.29. The molecule has 2 unspecified atom stereocenters. The van der Waals surface area contributed by atoms with Gasteiger partial charge in [-0.3, -0.25) is 0 Å². The number of hydrogen-bond acceptors (Lipinski definition) is 2. The molecule has 0 aromatic heterocycles. The molecule has 2 atom stereocenters. The van der Waals surface area contributed by atoms with Gasteiger partial charge in [0.15, 0.2) is 0 Å². The van der Waals surface area contributed by atoms with Gasteiger partial charge in [0.05, 0.1) is 7.11 Å². The zero-order chi connectivity index (χ0) is 10.7. The van der Waals surface area contributed by atoms with Gasteiger partial charge in [-0.2, -0.15) is 0 Å². The number of rotatable bonds is 3. The van der Waals surface area contributed by atoms with Gasteiger partial charge in [0.2, 0.25) is 0 Å². The molecule has 0 radical (unpaired) electrons. The number of aliphatic hydroxyl groups excluding tert-OH is 1. The van der Waals surface area contributed by atoms with E-state index >= 15 is 0 Å². The van der Waals surface area contributed by atoms with Gasteiger partial charge in [0, 0.05) is 6.61 Å². The molecule has 0 aliphatic heterocycles. The molecule has 0 heterocycles. The van der Waals surface area contributed by atoms with Crippen LogP contribution in [0.2, 0.25) is 0 Å². The molecule has 82 valence electrons. The molecule has 1 aromatic rings. The molecule has 2 rings (SSSR count). The third-order valence-corrected chi connectivity index (χ3v) is 3.36. The molecule has 15 heavy (non-hydrogen) atoms. The molecule has 2 heteroatoms. The minimum atomic E-state index is 0.334. The zero-order valence-corrected chi connectivity index (χ0v) is 9.15. The molecule has 0 bridgehead atoms. The average Bonchev–Trinajstić information content (AvgIpc) is 2.78. The molecule has 1 N–H and O–H groups in total. The van der Waals surface area contributed by atoms with E-state index in [2.05, 4.69) is 12.1 Å². The van der Waals surface area contributed by atoms with Gasteiger partial charge in [0.25, 0.3) is 0 Å². The van der Waals surface area contributed by atoms with Gasteiger partial charge >= 0.3 is 0 Å². The third kappa shape index (κ3) is 2.32. The van der Waals surface area contributed by atoms with Crippen molar-refractivity contribution >= 4 is 0 Å². The summed E-state index contributed by atoms with van der Waals surface area (Å²) in [5.74, 6) is 2.04. The van der Waals surface area contributed by atoms with Crippen molar-refractivity contribution in [2.75, 3.05) is 13.7 Å². The second-order valence-electron chi connectivity index (χ2n) is 4.34. The van der Waals surface area contributed by atoms with Gasteiger partial charge in [0.1, 0.15) is 5.75 Å². The number of hydrogen-bond donors (Lipinski definition) is 1. The maximum Gasteiger partial charge on any atom is 0.119 e. The second kappa shape index (κ2) is 4.67. The lowest BCUT2D eigenvalue weighted by Crippen LogP contribution is -2.00. The normalized spacial score (nSPS) is 25.5. The molecule has 1 aliphatic rings. The van der Waals surface area contributed by atoms with Crippen LogP contribution in [0.1, 0.15) is 30.7 Å². The fourth-order valence-corrected chi connectivity index (χ4v) is 2.44. The van der Waals surface area contributed by atoms with Crippen LogP contribution in [0.15, 0.2) is 24.3 Å². The lowest BCUT2D eigenvalue weighted by Gasteiger charge is -2.11. The topological polar surface area (TPSA) is 29.5 Å². The molecular weight excluding hydrogens is 188 g/mol. The predicted molar refractivity (Wildman–Crippen MR) is 60.2 cm³/mol. The van der Waals surface area contributed by atoms with Crippen molar-refractivity contribution < 1.29 is 9.84 Å². The summed E-state index contributed by atoms with van der Waals surface area (Å²) in [5, 5.41) is 9.11. The number of benzene rings is 1. The van der Waals surface area contributed by atoms with E-state index in [1.807, 2.05) is 12.1 Å². The van der Waals surface area contributed by atoms with Crippen molar-refractivity contribution in [1.82, 2.24) is 0 Å². The molecule has 2 nitrogen and oxygen atoms in total. The Morgan fingerprint density at radius 1 is 1.40 bits per heavy atom. The maximum atomic E-state index is 9.11. The Morgan fingerprint density at radius 3 is 2.93 bits per heavy atom. The highest BCUT2D eigenvalue weighted by molar-refractivity contribution is 5.31. The van der Waals surface area contributed by atoms with E-state index in [-0.39, 0.29) is 0 Å². The van der Waals surface area contributed by atoms with Crippen LogP contribution in [0, 0.1) is 5.92 Å². The quantitative estimate of drug-likeness (QED) is 0.823. The van der Waals surface area contributed by atoms with Crippen molar-refractivity contribution in [3.05, 3.63) is 29.8 Å². The van der Waals surface area contributed by atoms with Crippen LogP contribution in [0.3, 0.4) is 0 Å². The first-order valence-electron chi connectivity index (χ1n) is 5.58. The van der Waals surface area contributed by atoms with Gasteiger partial charge in [-0.1, -0.05) is 12.1 Å². The van der Waals surface area contributed by atoms with E-state index in [1.165, 1.54) is 12.0 Å². The fraction of sp³-hybridized carbons (Fsp3) is 0.538. The second-order valence-corrected chi connectivity index (χ2v) is 4.34. The van der Waals surface area contributed by atoms with Crippen molar-refractivity contribution in [2.45, 2.75) is 25.2 Å². The first kappa shape index (κ1) is 10.5. The molecular formula is C13H18O2. The smallest absolute Gasteiger partial charge is 0.119 e. The Labute approximate surface area is 90.9 Å². The molecule has 0 spiro atoms. The average molecular weight is 206 g/mol. The number of ether oxygens (including phenoxy) is 1. The van der Waals surface area contributed by atoms with Crippen LogP contribution in [0.4, 0.5) is 0 Å². The van der Waals surface area contributed by atoms with Crippen molar-refractivity contribution in [1.29, 1.82) is 0 Å². The van der Waals surface area contributed by atoms with Gasteiger partial charge in [-0.25, -0.2) is 0 Å². The Balaban J connectivity index is 2.09. The lowest BCUT2D eigenvalue weighted by molar-refractivity contribution is 0.229. The van der Waals surface area contributed by atoms with Gasteiger partial charge in [-0.15, -0.1) is 0 Å². The summed E-state index contributed by atoms with van der Waals surface area (Å²) in [6.45, 7) is 0.334. The standard InChI is InChI=1S/C13H18O2/c1-15-13-4-2-3-11(8-13)12-6-5-10(7-12)9-14/h2-4,8,10,12,14H,5-7,9H2,1H3. The molecule has 0 amide bonds. The summed E-state index contributed by atoms with van der Waals surface area (Å²) in [4.78, 5) is 0. The highest BCUT2D eigenvalue weighted by atomic mass is 16.5. The molecule has 1 aromatic carbocycles. The summed E-state index contributed by atoms with van der Waals surface area (Å²) in [7, 11) is 1.70. The van der Waals surface area contributed by atoms with Gasteiger partial charge in [-0.05, 0) is 48.8 Å². The molecule has 1 fully saturated rings. The first-order chi connectivity index (χ1) is 7.33. The van der Waals surface area contributed by atoms with Crippen molar-refractivity contribution in [3.63, 3.8) is 0 Å². The first-order valence-corrected chi connectivity index (χ1v) is 5.58. The minimum Gasteiger partial charge on any atom is -0.497 e. The Bertz CT molecular complexity index is 322. The molecule has 1 saturated carbocycles. The van der Waals surface area contributed by atoms with Crippen LogP contribution in [-0.2, 0) is 0 Å². The Morgan fingerprint density at radius 2 is 2.27 bits per heavy atom. The monoisotopic (exact) mass is 206 g/mol. The Hall–Kier alpha value is -1.02. The molecule has 1 aliphatic carbocycles. The van der Waals surface area contributed by atoms with Crippen molar-refractivity contribution in [2.24, 2.45) is 5.92 Å². The summed E-state index contributed by atoms with van der Waals surface area (Å²) in [5.41, 5.74) is 1.35. The van der Waals surface area contributed by atoms with Crippen molar-refractivity contribution in [3.8, 4) is 5.75 Å². The highest BCUT2D eigenvalue weighted by Crippen LogP contribution is 2.38. The van der Waals surface area contributed by atoms with Crippen LogP contribution in [-0.4, -0.2) is 18.8 Å². The van der Waals surface area contributed by atoms with Crippen LogP contribution >= 0.6 is 0 Å². The van der Waals surface area contributed by atoms with E-state index in [9.17, 15) is 0 Å². The van der Waals surface area contributed by atoms with Gasteiger partial charge < -0.3 is 9.84 Å². The van der Waals surface area contributed by atoms with E-state index in [4.69, 9.17) is 9.84 Å². The van der Waals surface area contributed by atoms with E-state index in [0.717, 1.165) is 18.6 Å². The predicted octanol–water partition coefficient (Wildman–Crippen LogP) is 2.57. The van der Waals surface area contributed by atoms with E-state index in [0.29, 0.717) is 18.4 Å². The maximum absolute atomic E-state index is 9.11. The number of methoxy groups -OCH3 is 1. The fourth-order valence-electron chi connectivity index (χ4n) is 2.44. The third-order valence-electron chi connectivity index (χ3n) is 3.36. The van der Waals surface area contributed by atoms with E-state index < -0.39 is 0 Å².